The fraction of sp³-hybridized carbons (Fsp3) is 0.136. The fourth-order valence-corrected chi connectivity index (χ4v) is 2.88. The van der Waals surface area contributed by atoms with Crippen molar-refractivity contribution < 1.29 is 14.7 Å². The van der Waals surface area contributed by atoms with Crippen LogP contribution >= 0.6 is 0 Å². The lowest BCUT2D eigenvalue weighted by atomic mass is 9.90. The summed E-state index contributed by atoms with van der Waals surface area (Å²) in [5.41, 5.74) is 4.32. The van der Waals surface area contributed by atoms with Gasteiger partial charge in [0.25, 0.3) is 5.91 Å². The molecular formula is C22H22N2O3. The summed E-state index contributed by atoms with van der Waals surface area (Å²) in [5.74, 6) is -0.180. The first kappa shape index (κ1) is 18.5. The number of carbonyl (C=O) groups excluding carboxylic acids is 1. The minimum atomic E-state index is -0.563. The second kappa shape index (κ2) is 9.40. The van der Waals surface area contributed by atoms with Gasteiger partial charge in [0.2, 0.25) is 0 Å². The quantitative estimate of drug-likeness (QED) is 0.324. The molecule has 0 heterocycles. The highest BCUT2D eigenvalue weighted by Crippen LogP contribution is 2.26. The molecule has 0 aliphatic carbocycles. The van der Waals surface area contributed by atoms with Gasteiger partial charge in [-0.1, -0.05) is 60.7 Å². The molecule has 0 aliphatic heterocycles. The van der Waals surface area contributed by atoms with Crippen LogP contribution in [0.2, 0.25) is 0 Å². The normalized spacial score (nSPS) is 11.4. The molecule has 0 aliphatic rings. The second-order valence-corrected chi connectivity index (χ2v) is 6.03. The molecule has 3 aromatic rings. The molecule has 1 amide bonds. The summed E-state index contributed by atoms with van der Waals surface area (Å²) in [7, 11) is 0. The smallest absolute Gasteiger partial charge is 0.255 e. The van der Waals surface area contributed by atoms with E-state index in [-0.39, 0.29) is 0 Å². The van der Waals surface area contributed by atoms with Crippen LogP contribution < -0.4 is 15.5 Å². The Bertz CT molecular complexity index is 836. The summed E-state index contributed by atoms with van der Waals surface area (Å²) in [4.78, 5) is 12.2. The van der Waals surface area contributed by atoms with Gasteiger partial charge in [-0.05, 0) is 35.4 Å². The van der Waals surface area contributed by atoms with Gasteiger partial charge < -0.3 is 10.1 Å². The SMILES string of the molecule is O=C(NO)C(c1ccccc1)c1ccc(NCCOc2ccccc2)cc1. The standard InChI is InChI=1S/C22H22N2O3/c25-22(24-26)21(17-7-3-1-4-8-17)18-11-13-19(14-12-18)23-15-16-27-20-9-5-2-6-10-20/h1-14,21,23,26H,15-16H2,(H,24,25). The van der Waals surface area contributed by atoms with Crippen LogP contribution in [0.3, 0.4) is 0 Å². The van der Waals surface area contributed by atoms with Crippen molar-refractivity contribution in [1.82, 2.24) is 5.48 Å². The molecule has 0 saturated heterocycles. The van der Waals surface area contributed by atoms with Crippen molar-refractivity contribution in [3.63, 3.8) is 0 Å². The third-order valence-electron chi connectivity index (χ3n) is 4.19. The van der Waals surface area contributed by atoms with Crippen molar-refractivity contribution in [1.29, 1.82) is 0 Å². The van der Waals surface area contributed by atoms with Crippen molar-refractivity contribution >= 4 is 11.6 Å². The Labute approximate surface area is 158 Å². The Morgan fingerprint density at radius 2 is 1.44 bits per heavy atom. The minimum Gasteiger partial charge on any atom is -0.492 e. The topological polar surface area (TPSA) is 70.6 Å². The lowest BCUT2D eigenvalue weighted by Gasteiger charge is -2.16. The van der Waals surface area contributed by atoms with Crippen LogP contribution in [0.5, 0.6) is 5.75 Å². The van der Waals surface area contributed by atoms with E-state index in [9.17, 15) is 4.79 Å². The van der Waals surface area contributed by atoms with Crippen LogP contribution in [0.15, 0.2) is 84.9 Å². The maximum absolute atomic E-state index is 12.2. The number of benzene rings is 3. The maximum Gasteiger partial charge on any atom is 0.255 e. The van der Waals surface area contributed by atoms with Crippen LogP contribution in [0.1, 0.15) is 17.0 Å². The summed E-state index contributed by atoms with van der Waals surface area (Å²) in [6, 6.07) is 26.6. The van der Waals surface area contributed by atoms with Crippen LogP contribution in [0.25, 0.3) is 0 Å². The van der Waals surface area contributed by atoms with E-state index in [1.54, 1.807) is 5.48 Å². The van der Waals surface area contributed by atoms with E-state index in [4.69, 9.17) is 9.94 Å². The zero-order valence-corrected chi connectivity index (χ0v) is 14.8. The molecule has 0 saturated carbocycles. The summed E-state index contributed by atoms with van der Waals surface area (Å²) in [6.45, 7) is 1.21. The lowest BCUT2D eigenvalue weighted by Crippen LogP contribution is -2.27. The summed E-state index contributed by atoms with van der Waals surface area (Å²) in [6.07, 6.45) is 0. The number of hydrogen-bond acceptors (Lipinski definition) is 4. The Kier molecular flexibility index (Phi) is 6.44. The number of anilines is 1. The third-order valence-corrected chi connectivity index (χ3v) is 4.19. The maximum atomic E-state index is 12.2. The fourth-order valence-electron chi connectivity index (χ4n) is 2.88. The zero-order chi connectivity index (χ0) is 18.9. The van der Waals surface area contributed by atoms with E-state index in [0.29, 0.717) is 13.2 Å². The molecule has 5 nitrogen and oxygen atoms in total. The van der Waals surface area contributed by atoms with Crippen molar-refractivity contribution in [3.8, 4) is 5.75 Å². The first-order valence-corrected chi connectivity index (χ1v) is 8.78. The molecule has 1 atom stereocenters. The van der Waals surface area contributed by atoms with Crippen LogP contribution in [0.4, 0.5) is 5.69 Å². The number of hydrogen-bond donors (Lipinski definition) is 3. The molecule has 0 aromatic heterocycles. The van der Waals surface area contributed by atoms with E-state index in [1.165, 1.54) is 0 Å². The molecular weight excluding hydrogens is 340 g/mol. The number of nitrogens with one attached hydrogen (secondary N) is 2. The van der Waals surface area contributed by atoms with Crippen LogP contribution in [-0.4, -0.2) is 24.3 Å². The second-order valence-electron chi connectivity index (χ2n) is 6.03. The Morgan fingerprint density at radius 1 is 0.852 bits per heavy atom. The minimum absolute atomic E-state index is 0.460. The third kappa shape index (κ3) is 5.09. The van der Waals surface area contributed by atoms with E-state index in [1.807, 2.05) is 84.9 Å². The van der Waals surface area contributed by atoms with Gasteiger partial charge in [0.15, 0.2) is 0 Å². The van der Waals surface area contributed by atoms with Gasteiger partial charge in [0, 0.05) is 12.2 Å². The highest BCUT2D eigenvalue weighted by atomic mass is 16.5. The molecule has 3 aromatic carbocycles. The van der Waals surface area contributed by atoms with Gasteiger partial charge in [-0.3, -0.25) is 10.0 Å². The highest BCUT2D eigenvalue weighted by Gasteiger charge is 2.22. The summed E-state index contributed by atoms with van der Waals surface area (Å²) in [5, 5.41) is 12.4. The Morgan fingerprint density at radius 3 is 2.07 bits per heavy atom. The summed E-state index contributed by atoms with van der Waals surface area (Å²) >= 11 is 0. The molecule has 0 bridgehead atoms. The first-order valence-electron chi connectivity index (χ1n) is 8.78. The largest absolute Gasteiger partial charge is 0.492 e. The van der Waals surface area contributed by atoms with Gasteiger partial charge in [0.1, 0.15) is 12.4 Å². The van der Waals surface area contributed by atoms with E-state index >= 15 is 0 Å². The number of amides is 1. The van der Waals surface area contributed by atoms with Gasteiger partial charge >= 0.3 is 0 Å². The highest BCUT2D eigenvalue weighted by molar-refractivity contribution is 5.86. The van der Waals surface area contributed by atoms with Crippen LogP contribution in [0, 0.1) is 0 Å². The zero-order valence-electron chi connectivity index (χ0n) is 14.8. The number of ether oxygens (including phenoxy) is 1. The monoisotopic (exact) mass is 362 g/mol. The molecule has 0 fully saturated rings. The summed E-state index contributed by atoms with van der Waals surface area (Å²) < 4.78 is 5.65. The van der Waals surface area contributed by atoms with Crippen molar-refractivity contribution in [3.05, 3.63) is 96.1 Å². The Hall–Kier alpha value is -3.31. The number of rotatable bonds is 8. The van der Waals surface area contributed by atoms with Crippen LogP contribution in [-0.2, 0) is 4.79 Å². The molecule has 27 heavy (non-hydrogen) atoms. The van der Waals surface area contributed by atoms with Crippen molar-refractivity contribution in [2.75, 3.05) is 18.5 Å². The predicted octanol–water partition coefficient (Wildman–Crippen LogP) is 3.81. The average Bonchev–Trinajstić information content (AvgIpc) is 2.74. The molecule has 3 rings (SSSR count). The van der Waals surface area contributed by atoms with Gasteiger partial charge in [-0.15, -0.1) is 0 Å². The lowest BCUT2D eigenvalue weighted by molar-refractivity contribution is -0.129. The molecule has 0 spiro atoms. The van der Waals surface area contributed by atoms with E-state index in [0.717, 1.165) is 22.6 Å². The first-order chi connectivity index (χ1) is 13.3. The average molecular weight is 362 g/mol. The van der Waals surface area contributed by atoms with Gasteiger partial charge in [-0.2, -0.15) is 0 Å². The van der Waals surface area contributed by atoms with Gasteiger partial charge in [-0.25, -0.2) is 5.48 Å². The number of para-hydroxylation sites is 1. The van der Waals surface area contributed by atoms with E-state index < -0.39 is 11.8 Å². The Balaban J connectivity index is 1.60. The van der Waals surface area contributed by atoms with E-state index in [2.05, 4.69) is 5.32 Å². The molecule has 0 radical (unpaired) electrons. The predicted molar refractivity (Wildman–Crippen MR) is 105 cm³/mol. The molecule has 1 unspecified atom stereocenters. The van der Waals surface area contributed by atoms with Crippen molar-refractivity contribution in [2.24, 2.45) is 0 Å². The van der Waals surface area contributed by atoms with Crippen molar-refractivity contribution in [2.45, 2.75) is 5.92 Å². The number of hydroxylamine groups is 1. The molecule has 5 heteroatoms. The number of carbonyl (C=O) groups is 1. The molecule has 138 valence electrons. The van der Waals surface area contributed by atoms with Gasteiger partial charge in [0.05, 0.1) is 5.92 Å². The molecule has 3 N–H and O–H groups in total.